The van der Waals surface area contributed by atoms with Gasteiger partial charge in [0.15, 0.2) is 0 Å². The summed E-state index contributed by atoms with van der Waals surface area (Å²) in [6.45, 7) is 0.230. The molecule has 13 heteroatoms. The van der Waals surface area contributed by atoms with Gasteiger partial charge in [-0.3, -0.25) is 9.59 Å². The van der Waals surface area contributed by atoms with E-state index < -0.39 is 47.6 Å². The molecule has 2 N–H and O–H groups in total. The van der Waals surface area contributed by atoms with Crippen molar-refractivity contribution in [3.8, 4) is 16.5 Å². The molecule has 2 aliphatic carbocycles. The molecule has 5 atom stereocenters. The standard InChI is InChI=1S/C44H49N5O7S/c50-39-36-26-32(55-40-38(37-22-13-25-57-37)45-33-19-11-12-20-34(33)46-40)28-49(36)41(51)35(47-43(53)56-31-17-9-10-18-31)21-8-3-1-2-7-16-30-27-44(30,48-39)42(52)54-24-23-29-14-5-4-6-15-29/h4-7,11-16,19-20,22,25,30-32,35-36H,1-3,8-10,17-18,21,23-24,26-28H2,(H,47,53)(H,48,50)/b16-7-/t30-,32-,35+,36-,44-/m0/s1. The maximum atomic E-state index is 14.7. The van der Waals surface area contributed by atoms with Crippen molar-refractivity contribution in [2.24, 2.45) is 5.92 Å². The number of aromatic nitrogens is 2. The van der Waals surface area contributed by atoms with Gasteiger partial charge in [-0.05, 0) is 80.5 Å². The molecule has 4 aliphatic rings. The highest BCUT2D eigenvalue weighted by Gasteiger charge is 2.62. The van der Waals surface area contributed by atoms with E-state index in [0.29, 0.717) is 48.3 Å². The summed E-state index contributed by atoms with van der Waals surface area (Å²) in [5.74, 6) is -1.30. The molecule has 2 aromatic heterocycles. The molecule has 4 heterocycles. The van der Waals surface area contributed by atoms with Crippen LogP contribution < -0.4 is 15.4 Å². The second-order valence-electron chi connectivity index (χ2n) is 15.5. The van der Waals surface area contributed by atoms with E-state index in [1.807, 2.05) is 78.2 Å². The van der Waals surface area contributed by atoms with Crippen molar-refractivity contribution < 1.29 is 33.4 Å². The summed E-state index contributed by atoms with van der Waals surface area (Å²) in [5.41, 5.74) is 1.73. The lowest BCUT2D eigenvalue weighted by molar-refractivity contribution is -0.150. The Morgan fingerprint density at radius 3 is 2.46 bits per heavy atom. The molecule has 0 bridgehead atoms. The summed E-state index contributed by atoms with van der Waals surface area (Å²) >= 11 is 1.51. The molecule has 3 amide bonds. The van der Waals surface area contributed by atoms with Crippen molar-refractivity contribution in [1.29, 1.82) is 0 Å². The summed E-state index contributed by atoms with van der Waals surface area (Å²) in [5, 5.41) is 7.90. The zero-order valence-electron chi connectivity index (χ0n) is 32.0. The van der Waals surface area contributed by atoms with Gasteiger partial charge in [0.2, 0.25) is 17.7 Å². The third kappa shape index (κ3) is 8.98. The largest absolute Gasteiger partial charge is 0.471 e. The number of benzene rings is 2. The molecular formula is C44H49N5O7S. The summed E-state index contributed by atoms with van der Waals surface area (Å²) in [4.78, 5) is 68.5. The minimum Gasteiger partial charge on any atom is -0.471 e. The van der Waals surface area contributed by atoms with Gasteiger partial charge in [-0.2, -0.15) is 0 Å². The number of alkyl carbamates (subject to hydrolysis) is 1. The summed E-state index contributed by atoms with van der Waals surface area (Å²) in [6, 6.07) is 19.3. The van der Waals surface area contributed by atoms with Gasteiger partial charge in [-0.25, -0.2) is 19.6 Å². The van der Waals surface area contributed by atoms with E-state index in [2.05, 4.69) is 16.7 Å². The summed E-state index contributed by atoms with van der Waals surface area (Å²) < 4.78 is 18.2. The number of esters is 1. The molecular weight excluding hydrogens is 743 g/mol. The maximum absolute atomic E-state index is 14.7. The van der Waals surface area contributed by atoms with Crippen LogP contribution in [0.3, 0.4) is 0 Å². The van der Waals surface area contributed by atoms with Crippen LogP contribution in [0.4, 0.5) is 4.79 Å². The number of rotatable bonds is 9. The molecule has 0 spiro atoms. The number of carbonyl (C=O) groups is 4. The Morgan fingerprint density at radius 1 is 0.895 bits per heavy atom. The lowest BCUT2D eigenvalue weighted by Gasteiger charge is -2.29. The molecule has 4 aromatic rings. The molecule has 0 radical (unpaired) electrons. The number of nitrogens with zero attached hydrogens (tertiary/aromatic N) is 3. The van der Waals surface area contributed by atoms with Crippen molar-refractivity contribution in [2.45, 2.75) is 107 Å². The molecule has 3 fully saturated rings. The van der Waals surface area contributed by atoms with Gasteiger partial charge in [0.1, 0.15) is 35.5 Å². The van der Waals surface area contributed by atoms with Gasteiger partial charge in [0.05, 0.1) is 29.1 Å². The highest BCUT2D eigenvalue weighted by molar-refractivity contribution is 7.13. The van der Waals surface area contributed by atoms with E-state index >= 15 is 0 Å². The SMILES string of the molecule is O=C(N[C@@H]1CCCCC/C=C\[C@H]2C[C@]2(C(=O)OCCc2ccccc2)NC(=O)[C@@H]2C[C@H](Oc3nc4ccccc4nc3-c3cccs3)CN2C1=O)OC1CCCC1. The molecule has 2 aliphatic heterocycles. The molecule has 298 valence electrons. The molecule has 1 saturated heterocycles. The van der Waals surface area contributed by atoms with Gasteiger partial charge < -0.3 is 29.7 Å². The fourth-order valence-corrected chi connectivity index (χ4v) is 9.01. The number of carbonyl (C=O) groups excluding carboxylic acids is 4. The average molecular weight is 792 g/mol. The predicted octanol–water partition coefficient (Wildman–Crippen LogP) is 6.93. The van der Waals surface area contributed by atoms with Crippen LogP contribution in [-0.2, 0) is 30.3 Å². The van der Waals surface area contributed by atoms with E-state index in [9.17, 15) is 19.2 Å². The second kappa shape index (κ2) is 17.5. The first-order valence-electron chi connectivity index (χ1n) is 20.3. The number of ether oxygens (including phenoxy) is 3. The van der Waals surface area contributed by atoms with Crippen LogP contribution in [0.15, 0.2) is 84.3 Å². The quantitative estimate of drug-likeness (QED) is 0.136. The monoisotopic (exact) mass is 791 g/mol. The first kappa shape index (κ1) is 38.6. The number of allylic oxidation sites excluding steroid dienone is 1. The Hall–Kier alpha value is -5.30. The normalized spacial score (nSPS) is 26.0. The zero-order chi connectivity index (χ0) is 39.2. The molecule has 8 rings (SSSR count). The van der Waals surface area contributed by atoms with Crippen LogP contribution in [-0.4, -0.2) is 81.7 Å². The van der Waals surface area contributed by atoms with E-state index in [1.165, 1.54) is 16.2 Å². The van der Waals surface area contributed by atoms with Gasteiger partial charge in [0.25, 0.3) is 0 Å². The molecule has 12 nitrogen and oxygen atoms in total. The smallest absolute Gasteiger partial charge is 0.408 e. The topological polar surface area (TPSA) is 149 Å². The number of nitrogens with one attached hydrogen (secondary N) is 2. The predicted molar refractivity (Wildman–Crippen MR) is 215 cm³/mol. The minimum absolute atomic E-state index is 0.0585. The highest BCUT2D eigenvalue weighted by Crippen LogP contribution is 2.46. The Bertz CT molecular complexity index is 2090. The number of hydrogen-bond acceptors (Lipinski definition) is 10. The van der Waals surface area contributed by atoms with E-state index in [-0.39, 0.29) is 31.6 Å². The summed E-state index contributed by atoms with van der Waals surface area (Å²) in [6.07, 6.45) is 10.9. The lowest BCUT2D eigenvalue weighted by atomic mass is 10.0. The van der Waals surface area contributed by atoms with Crippen LogP contribution >= 0.6 is 11.3 Å². The zero-order valence-corrected chi connectivity index (χ0v) is 32.8. The first-order valence-corrected chi connectivity index (χ1v) is 21.2. The highest BCUT2D eigenvalue weighted by atomic mass is 32.1. The van der Waals surface area contributed by atoms with Crippen LogP contribution in [0.1, 0.15) is 76.2 Å². The fourth-order valence-electron chi connectivity index (χ4n) is 8.30. The number of para-hydroxylation sites is 2. The Balaban J connectivity index is 1.07. The van der Waals surface area contributed by atoms with E-state index in [4.69, 9.17) is 24.2 Å². The number of thiophene rings is 1. The van der Waals surface area contributed by atoms with Crippen molar-refractivity contribution in [2.75, 3.05) is 13.2 Å². The van der Waals surface area contributed by atoms with Crippen molar-refractivity contribution >= 4 is 46.2 Å². The van der Waals surface area contributed by atoms with Crippen LogP contribution in [0.5, 0.6) is 5.88 Å². The molecule has 2 aromatic carbocycles. The minimum atomic E-state index is -1.25. The third-order valence-corrected chi connectivity index (χ3v) is 12.4. The molecule has 2 saturated carbocycles. The third-order valence-electron chi connectivity index (χ3n) is 11.5. The van der Waals surface area contributed by atoms with Gasteiger partial charge in [0, 0.05) is 18.8 Å². The fraction of sp³-hybridized carbons (Fsp3) is 0.455. The van der Waals surface area contributed by atoms with Crippen LogP contribution in [0.25, 0.3) is 21.6 Å². The van der Waals surface area contributed by atoms with Crippen molar-refractivity contribution in [3.05, 3.63) is 89.8 Å². The Morgan fingerprint density at radius 2 is 1.67 bits per heavy atom. The average Bonchev–Trinajstić information content (AvgIpc) is 3.72. The number of hydrogen-bond donors (Lipinski definition) is 2. The summed E-state index contributed by atoms with van der Waals surface area (Å²) in [7, 11) is 0. The molecule has 0 unspecified atom stereocenters. The van der Waals surface area contributed by atoms with Gasteiger partial charge in [-0.15, -0.1) is 11.3 Å². The Kier molecular flexibility index (Phi) is 11.8. The second-order valence-corrected chi connectivity index (χ2v) is 16.5. The molecule has 57 heavy (non-hydrogen) atoms. The van der Waals surface area contributed by atoms with Gasteiger partial charge >= 0.3 is 12.1 Å². The van der Waals surface area contributed by atoms with E-state index in [1.54, 1.807) is 0 Å². The van der Waals surface area contributed by atoms with Crippen molar-refractivity contribution in [3.63, 3.8) is 0 Å². The number of fused-ring (bicyclic) bond motifs is 3. The van der Waals surface area contributed by atoms with Crippen molar-refractivity contribution in [1.82, 2.24) is 25.5 Å². The lowest BCUT2D eigenvalue weighted by Crippen LogP contribution is -2.56. The maximum Gasteiger partial charge on any atom is 0.408 e. The van der Waals surface area contributed by atoms with Gasteiger partial charge in [-0.1, -0.05) is 73.5 Å². The van der Waals surface area contributed by atoms with E-state index in [0.717, 1.165) is 55.4 Å². The number of amides is 3. The van der Waals surface area contributed by atoms with Crippen LogP contribution in [0.2, 0.25) is 0 Å². The first-order chi connectivity index (χ1) is 27.9. The van der Waals surface area contributed by atoms with Crippen LogP contribution in [0, 0.1) is 5.92 Å². The Labute approximate surface area is 336 Å².